The zero-order valence-electron chi connectivity index (χ0n) is 21.7. The van der Waals surface area contributed by atoms with E-state index in [4.69, 9.17) is 4.74 Å². The van der Waals surface area contributed by atoms with Gasteiger partial charge in [-0.15, -0.1) is 0 Å². The number of amides is 3. The molecule has 0 radical (unpaired) electrons. The highest BCUT2D eigenvalue weighted by Gasteiger charge is 2.54. The number of rotatable bonds is 7. The third kappa shape index (κ3) is 5.83. The lowest BCUT2D eigenvalue weighted by atomic mass is 9.96. The number of aryl methyl sites for hydroxylation is 1. The van der Waals surface area contributed by atoms with Crippen LogP contribution in [0.15, 0.2) is 48.5 Å². The van der Waals surface area contributed by atoms with Gasteiger partial charge in [-0.3, -0.25) is 19.3 Å². The Bertz CT molecular complexity index is 1110. The highest BCUT2D eigenvalue weighted by molar-refractivity contribution is 5.98. The number of nitrogens with zero attached hydrogens (tertiary/aromatic N) is 3. The van der Waals surface area contributed by atoms with E-state index >= 15 is 0 Å². The molecule has 0 saturated carbocycles. The second-order valence-electron chi connectivity index (χ2n) is 9.89. The minimum absolute atomic E-state index is 0.0627. The van der Waals surface area contributed by atoms with Crippen molar-refractivity contribution in [3.05, 3.63) is 71.0 Å². The van der Waals surface area contributed by atoms with Gasteiger partial charge in [0, 0.05) is 50.1 Å². The first kappa shape index (κ1) is 26.8. The van der Waals surface area contributed by atoms with E-state index in [1.807, 2.05) is 43.3 Å². The van der Waals surface area contributed by atoms with Gasteiger partial charge in [0.05, 0.1) is 6.61 Å². The van der Waals surface area contributed by atoms with Crippen molar-refractivity contribution >= 4 is 17.7 Å². The molecule has 1 atom stereocenters. The smallest absolute Gasteiger partial charge is 0.256 e. The minimum atomic E-state index is -1.02. The summed E-state index contributed by atoms with van der Waals surface area (Å²) in [6.45, 7) is 4.00. The summed E-state index contributed by atoms with van der Waals surface area (Å²) in [6.07, 6.45) is 1.65. The minimum Gasteiger partial charge on any atom is -0.353 e. The van der Waals surface area contributed by atoms with Gasteiger partial charge in [-0.25, -0.2) is 4.39 Å². The number of ether oxygens (including phenoxy) is 1. The average molecular weight is 511 g/mol. The Morgan fingerprint density at radius 3 is 2.19 bits per heavy atom. The van der Waals surface area contributed by atoms with E-state index < -0.39 is 17.6 Å². The van der Waals surface area contributed by atoms with Gasteiger partial charge in [-0.1, -0.05) is 19.1 Å². The quantitative estimate of drug-likeness (QED) is 0.619. The van der Waals surface area contributed by atoms with Crippen LogP contribution in [-0.4, -0.2) is 91.1 Å². The zero-order chi connectivity index (χ0) is 26.6. The van der Waals surface area contributed by atoms with Crippen LogP contribution in [0.2, 0.25) is 0 Å². The molecular formula is C28H35FN4O4. The van der Waals surface area contributed by atoms with E-state index in [0.29, 0.717) is 44.6 Å². The van der Waals surface area contributed by atoms with E-state index in [0.717, 1.165) is 6.42 Å². The Kier molecular flexibility index (Phi) is 8.24. The SMILES string of the molecule is CCc1ccc(C(=O)N2CCC3(CC2)OC[C@@H](C(=O)NCCN(C)C)N3C(=O)c2ccc(F)cc2)cc1. The summed E-state index contributed by atoms with van der Waals surface area (Å²) in [7, 11) is 3.83. The lowest BCUT2D eigenvalue weighted by molar-refractivity contribution is -0.128. The molecule has 1 spiro atoms. The molecule has 2 fully saturated rings. The lowest BCUT2D eigenvalue weighted by Gasteiger charge is -2.44. The van der Waals surface area contributed by atoms with Crippen LogP contribution in [0.25, 0.3) is 0 Å². The summed E-state index contributed by atoms with van der Waals surface area (Å²) in [6, 6.07) is 12.1. The van der Waals surface area contributed by atoms with Crippen LogP contribution >= 0.6 is 0 Å². The standard InChI is InChI=1S/C28H35FN4O4/c1-4-20-5-7-21(8-6-20)26(35)32-16-13-28(14-17-32)33(27(36)22-9-11-23(29)12-10-22)24(19-37-28)25(34)30-15-18-31(2)3/h5-12,24H,4,13-19H2,1-3H3,(H,30,34)/t24-/m0/s1. The van der Waals surface area contributed by atoms with Crippen molar-refractivity contribution in [2.75, 3.05) is 46.9 Å². The van der Waals surface area contributed by atoms with Crippen molar-refractivity contribution in [3.8, 4) is 0 Å². The molecule has 9 heteroatoms. The number of likely N-dealkylation sites (tertiary alicyclic amines) is 1. The number of likely N-dealkylation sites (N-methyl/N-ethyl adjacent to an activating group) is 1. The van der Waals surface area contributed by atoms with Gasteiger partial charge in [0.1, 0.15) is 17.6 Å². The van der Waals surface area contributed by atoms with Crippen molar-refractivity contribution in [3.63, 3.8) is 0 Å². The largest absolute Gasteiger partial charge is 0.353 e. The summed E-state index contributed by atoms with van der Waals surface area (Å²) in [5.41, 5.74) is 1.06. The first-order valence-corrected chi connectivity index (χ1v) is 12.8. The number of hydrogen-bond acceptors (Lipinski definition) is 5. The van der Waals surface area contributed by atoms with Crippen LogP contribution in [0.4, 0.5) is 4.39 Å². The van der Waals surface area contributed by atoms with Crippen molar-refractivity contribution in [2.24, 2.45) is 0 Å². The van der Waals surface area contributed by atoms with Crippen LogP contribution in [0.3, 0.4) is 0 Å². The number of hydrogen-bond donors (Lipinski definition) is 1. The van der Waals surface area contributed by atoms with Crippen LogP contribution in [0.5, 0.6) is 0 Å². The van der Waals surface area contributed by atoms with Gasteiger partial charge in [0.15, 0.2) is 0 Å². The monoisotopic (exact) mass is 510 g/mol. The molecule has 0 bridgehead atoms. The molecule has 0 aromatic heterocycles. The number of halogens is 1. The highest BCUT2D eigenvalue weighted by atomic mass is 19.1. The van der Waals surface area contributed by atoms with Gasteiger partial charge < -0.3 is 19.9 Å². The normalized spacial score (nSPS) is 18.9. The Morgan fingerprint density at radius 1 is 1.00 bits per heavy atom. The molecule has 198 valence electrons. The molecule has 0 aliphatic carbocycles. The van der Waals surface area contributed by atoms with Crippen LogP contribution in [0, 0.1) is 5.82 Å². The number of carbonyl (C=O) groups is 3. The van der Waals surface area contributed by atoms with Crippen LogP contribution in [0.1, 0.15) is 46.0 Å². The first-order chi connectivity index (χ1) is 17.7. The van der Waals surface area contributed by atoms with E-state index in [2.05, 4.69) is 12.2 Å². The van der Waals surface area contributed by atoms with Gasteiger partial charge >= 0.3 is 0 Å². The number of nitrogens with one attached hydrogen (secondary N) is 1. The summed E-state index contributed by atoms with van der Waals surface area (Å²) in [5, 5.41) is 2.90. The average Bonchev–Trinajstić information content (AvgIpc) is 3.27. The number of benzene rings is 2. The molecule has 2 heterocycles. The highest BCUT2D eigenvalue weighted by Crippen LogP contribution is 2.38. The van der Waals surface area contributed by atoms with Crippen molar-refractivity contribution < 1.29 is 23.5 Å². The number of piperidine rings is 1. The Balaban J connectivity index is 1.52. The topological polar surface area (TPSA) is 82.2 Å². The van der Waals surface area contributed by atoms with Gasteiger partial charge in [-0.05, 0) is 62.5 Å². The molecular weight excluding hydrogens is 475 g/mol. The Labute approximate surface area is 217 Å². The van der Waals surface area contributed by atoms with E-state index in [1.54, 1.807) is 4.90 Å². The molecule has 2 aromatic carbocycles. The van der Waals surface area contributed by atoms with Gasteiger partial charge in [-0.2, -0.15) is 0 Å². The zero-order valence-corrected chi connectivity index (χ0v) is 21.7. The molecule has 2 aromatic rings. The molecule has 8 nitrogen and oxygen atoms in total. The maximum absolute atomic E-state index is 13.7. The fourth-order valence-electron chi connectivity index (χ4n) is 4.94. The summed E-state index contributed by atoms with van der Waals surface area (Å²) in [4.78, 5) is 45.2. The molecule has 3 amide bonds. The molecule has 2 aliphatic rings. The summed E-state index contributed by atoms with van der Waals surface area (Å²) >= 11 is 0. The molecule has 37 heavy (non-hydrogen) atoms. The fraction of sp³-hybridized carbons (Fsp3) is 0.464. The van der Waals surface area contributed by atoms with E-state index in [9.17, 15) is 18.8 Å². The second kappa shape index (κ2) is 11.4. The molecule has 4 rings (SSSR count). The van der Waals surface area contributed by atoms with Gasteiger partial charge in [0.2, 0.25) is 5.91 Å². The predicted octanol–water partition coefficient (Wildman–Crippen LogP) is 2.54. The Hall–Kier alpha value is -3.30. The van der Waals surface area contributed by atoms with Crippen molar-refractivity contribution in [2.45, 2.75) is 38.0 Å². The van der Waals surface area contributed by atoms with Crippen molar-refractivity contribution in [1.82, 2.24) is 20.0 Å². The third-order valence-electron chi connectivity index (χ3n) is 7.17. The molecule has 0 unspecified atom stereocenters. The van der Waals surface area contributed by atoms with Crippen molar-refractivity contribution in [1.29, 1.82) is 0 Å². The lowest BCUT2D eigenvalue weighted by Crippen LogP contribution is -2.60. The molecule has 1 N–H and O–H groups in total. The molecule has 2 saturated heterocycles. The fourth-order valence-corrected chi connectivity index (χ4v) is 4.94. The van der Waals surface area contributed by atoms with Crippen LogP contribution < -0.4 is 5.32 Å². The maximum Gasteiger partial charge on any atom is 0.256 e. The van der Waals surface area contributed by atoms with E-state index in [1.165, 1.54) is 34.7 Å². The number of carbonyl (C=O) groups excluding carboxylic acids is 3. The van der Waals surface area contributed by atoms with E-state index in [-0.39, 0.29) is 29.9 Å². The van der Waals surface area contributed by atoms with Gasteiger partial charge in [0.25, 0.3) is 11.8 Å². The first-order valence-electron chi connectivity index (χ1n) is 12.8. The van der Waals surface area contributed by atoms with Crippen LogP contribution in [-0.2, 0) is 16.0 Å². The summed E-state index contributed by atoms with van der Waals surface area (Å²) in [5.74, 6) is -1.19. The molecule has 2 aliphatic heterocycles. The summed E-state index contributed by atoms with van der Waals surface area (Å²) < 4.78 is 19.7. The second-order valence-corrected chi connectivity index (χ2v) is 9.89. The maximum atomic E-state index is 13.7. The third-order valence-corrected chi connectivity index (χ3v) is 7.17. The predicted molar refractivity (Wildman–Crippen MR) is 138 cm³/mol. The Morgan fingerprint density at radius 2 is 1.59 bits per heavy atom.